The minimum atomic E-state index is -0.287. The molecule has 0 aliphatic carbocycles. The van der Waals surface area contributed by atoms with Gasteiger partial charge in [0, 0.05) is 18.9 Å². The zero-order valence-corrected chi connectivity index (χ0v) is 15.8. The average molecular weight is 382 g/mol. The third kappa shape index (κ3) is 3.67. The van der Waals surface area contributed by atoms with Crippen molar-refractivity contribution in [3.05, 3.63) is 54.1 Å². The Bertz CT molecular complexity index is 939. The highest BCUT2D eigenvalue weighted by atomic mass is 19.1. The highest BCUT2D eigenvalue weighted by molar-refractivity contribution is 5.93. The number of fused-ring (bicyclic) bond motifs is 1. The maximum absolute atomic E-state index is 13.2. The van der Waals surface area contributed by atoms with Gasteiger partial charge in [-0.1, -0.05) is 13.3 Å². The second-order valence-electron chi connectivity index (χ2n) is 7.10. The Morgan fingerprint density at radius 3 is 2.89 bits per heavy atom. The smallest absolute Gasteiger partial charge is 0.227 e. The molecule has 28 heavy (non-hydrogen) atoms. The van der Waals surface area contributed by atoms with E-state index in [0.717, 1.165) is 61.5 Å². The van der Waals surface area contributed by atoms with Crippen LogP contribution in [0.15, 0.2) is 36.8 Å². The fourth-order valence-corrected chi connectivity index (χ4v) is 3.66. The van der Waals surface area contributed by atoms with Crippen LogP contribution in [-0.2, 0) is 24.2 Å². The number of carbonyl (C=O) groups is 1. The van der Waals surface area contributed by atoms with Gasteiger partial charge in [-0.2, -0.15) is 5.10 Å². The molecule has 0 fully saturated rings. The number of benzene rings is 1. The van der Waals surface area contributed by atoms with Gasteiger partial charge >= 0.3 is 0 Å². The maximum atomic E-state index is 13.2. The predicted octanol–water partition coefficient (Wildman–Crippen LogP) is 3.15. The Morgan fingerprint density at radius 2 is 2.11 bits per heavy atom. The summed E-state index contributed by atoms with van der Waals surface area (Å²) in [7, 11) is 0. The van der Waals surface area contributed by atoms with Crippen LogP contribution < -0.4 is 5.32 Å². The van der Waals surface area contributed by atoms with Crippen molar-refractivity contribution in [2.45, 2.75) is 45.6 Å². The van der Waals surface area contributed by atoms with Gasteiger partial charge in [0.25, 0.3) is 0 Å². The number of nitrogens with one attached hydrogen (secondary N) is 1. The first-order chi connectivity index (χ1) is 13.7. The van der Waals surface area contributed by atoms with Gasteiger partial charge in [0.2, 0.25) is 5.91 Å². The summed E-state index contributed by atoms with van der Waals surface area (Å²) in [6, 6.07) is 6.20. The van der Waals surface area contributed by atoms with Crippen LogP contribution in [0.2, 0.25) is 0 Å². The number of nitrogens with zero attached hydrogens (tertiary/aromatic N) is 5. The SMILES string of the molecule is CCCc1c(NC(=O)C2CCc3nncn3CC2)cnn1-c1ccc(F)cc1. The number of hydrogen-bond donors (Lipinski definition) is 1. The molecular formula is C20H23FN6O. The van der Waals surface area contributed by atoms with Gasteiger partial charge < -0.3 is 9.88 Å². The molecule has 1 aromatic carbocycles. The van der Waals surface area contributed by atoms with E-state index in [9.17, 15) is 9.18 Å². The molecule has 2 aromatic heterocycles. The third-order valence-electron chi connectivity index (χ3n) is 5.19. The second-order valence-corrected chi connectivity index (χ2v) is 7.10. The van der Waals surface area contributed by atoms with Gasteiger partial charge in [-0.15, -0.1) is 10.2 Å². The van der Waals surface area contributed by atoms with Crippen LogP contribution in [0.4, 0.5) is 10.1 Å². The van der Waals surface area contributed by atoms with Gasteiger partial charge in [0.05, 0.1) is 23.3 Å². The van der Waals surface area contributed by atoms with Crippen LogP contribution in [0, 0.1) is 11.7 Å². The van der Waals surface area contributed by atoms with Crippen LogP contribution >= 0.6 is 0 Å². The average Bonchev–Trinajstić information content (AvgIpc) is 3.25. The molecule has 1 unspecified atom stereocenters. The van der Waals surface area contributed by atoms with Crippen LogP contribution in [0.3, 0.4) is 0 Å². The Balaban J connectivity index is 1.51. The van der Waals surface area contributed by atoms with E-state index < -0.39 is 0 Å². The van der Waals surface area contributed by atoms with E-state index >= 15 is 0 Å². The van der Waals surface area contributed by atoms with Crippen molar-refractivity contribution >= 4 is 11.6 Å². The first-order valence-corrected chi connectivity index (χ1v) is 9.66. The summed E-state index contributed by atoms with van der Waals surface area (Å²) in [5, 5.41) is 15.6. The number of aryl methyl sites for hydroxylation is 2. The van der Waals surface area contributed by atoms with Crippen molar-refractivity contribution in [2.75, 3.05) is 5.32 Å². The number of halogens is 1. The molecule has 0 bridgehead atoms. The lowest BCUT2D eigenvalue weighted by atomic mass is 9.99. The minimum Gasteiger partial charge on any atom is -0.323 e. The predicted molar refractivity (Wildman–Crippen MR) is 103 cm³/mol. The standard InChI is InChI=1S/C20H23FN6O/c1-2-3-18-17(12-23-27(18)16-7-5-15(21)6-8-16)24-20(28)14-4-9-19-25-22-13-26(19)11-10-14/h5-8,12-14H,2-4,9-11H2,1H3,(H,24,28). The van der Waals surface area contributed by atoms with E-state index in [2.05, 4.69) is 27.5 Å². The Kier molecular flexibility index (Phi) is 5.18. The van der Waals surface area contributed by atoms with E-state index in [0.29, 0.717) is 0 Å². The van der Waals surface area contributed by atoms with Gasteiger partial charge in [-0.3, -0.25) is 4.79 Å². The maximum Gasteiger partial charge on any atom is 0.227 e. The molecular weight excluding hydrogens is 359 g/mol. The van der Waals surface area contributed by atoms with Crippen LogP contribution in [-0.4, -0.2) is 30.5 Å². The normalized spacial score (nSPS) is 16.4. The summed E-state index contributed by atoms with van der Waals surface area (Å²) >= 11 is 0. The number of rotatable bonds is 5. The van der Waals surface area contributed by atoms with Crippen molar-refractivity contribution in [3.8, 4) is 5.69 Å². The molecule has 1 aliphatic rings. The van der Waals surface area contributed by atoms with Crippen molar-refractivity contribution < 1.29 is 9.18 Å². The lowest BCUT2D eigenvalue weighted by molar-refractivity contribution is -0.120. The van der Waals surface area contributed by atoms with E-state index in [1.54, 1.807) is 29.3 Å². The lowest BCUT2D eigenvalue weighted by Crippen LogP contribution is -2.24. The van der Waals surface area contributed by atoms with E-state index in [1.807, 2.05) is 4.57 Å². The van der Waals surface area contributed by atoms with Crippen LogP contribution in [0.5, 0.6) is 0 Å². The minimum absolute atomic E-state index is 0.00900. The van der Waals surface area contributed by atoms with Crippen molar-refractivity contribution in [3.63, 3.8) is 0 Å². The molecule has 4 rings (SSSR count). The van der Waals surface area contributed by atoms with Gasteiger partial charge in [-0.25, -0.2) is 9.07 Å². The van der Waals surface area contributed by atoms with Crippen LogP contribution in [0.1, 0.15) is 37.7 Å². The van der Waals surface area contributed by atoms with Gasteiger partial charge in [0.15, 0.2) is 0 Å². The summed E-state index contributed by atoms with van der Waals surface area (Å²) in [4.78, 5) is 12.9. The van der Waals surface area contributed by atoms with E-state index in [-0.39, 0.29) is 17.6 Å². The topological polar surface area (TPSA) is 77.6 Å². The number of hydrogen-bond acceptors (Lipinski definition) is 4. The molecule has 1 atom stereocenters. The van der Waals surface area contributed by atoms with Crippen molar-refractivity contribution in [1.82, 2.24) is 24.5 Å². The molecule has 1 N–H and O–H groups in total. The zero-order valence-electron chi connectivity index (χ0n) is 15.8. The fourth-order valence-electron chi connectivity index (χ4n) is 3.66. The molecule has 146 valence electrons. The molecule has 0 radical (unpaired) electrons. The number of carbonyl (C=O) groups excluding carboxylic acids is 1. The molecule has 3 aromatic rings. The highest BCUT2D eigenvalue weighted by Gasteiger charge is 2.24. The Hall–Kier alpha value is -3.03. The van der Waals surface area contributed by atoms with Crippen molar-refractivity contribution in [2.24, 2.45) is 5.92 Å². The summed E-state index contributed by atoms with van der Waals surface area (Å²) in [6.07, 6.45) is 7.33. The van der Waals surface area contributed by atoms with Gasteiger partial charge in [-0.05, 0) is 43.5 Å². The molecule has 1 amide bonds. The Labute approximate surface area is 162 Å². The lowest BCUT2D eigenvalue weighted by Gasteiger charge is -2.15. The summed E-state index contributed by atoms with van der Waals surface area (Å²) in [5.74, 6) is 0.580. The molecule has 8 heteroatoms. The first-order valence-electron chi connectivity index (χ1n) is 9.66. The van der Waals surface area contributed by atoms with E-state index in [1.165, 1.54) is 12.1 Å². The largest absolute Gasteiger partial charge is 0.323 e. The van der Waals surface area contributed by atoms with Crippen molar-refractivity contribution in [1.29, 1.82) is 0 Å². The first kappa shape index (κ1) is 18.3. The van der Waals surface area contributed by atoms with Crippen LogP contribution in [0.25, 0.3) is 5.69 Å². The second kappa shape index (κ2) is 7.92. The molecule has 0 saturated carbocycles. The molecule has 3 heterocycles. The molecule has 0 saturated heterocycles. The third-order valence-corrected chi connectivity index (χ3v) is 5.19. The summed E-state index contributed by atoms with van der Waals surface area (Å²) < 4.78 is 17.0. The quantitative estimate of drug-likeness (QED) is 0.735. The highest BCUT2D eigenvalue weighted by Crippen LogP contribution is 2.24. The van der Waals surface area contributed by atoms with Gasteiger partial charge in [0.1, 0.15) is 18.0 Å². The number of aromatic nitrogens is 5. The Morgan fingerprint density at radius 1 is 1.29 bits per heavy atom. The zero-order chi connectivity index (χ0) is 19.5. The monoisotopic (exact) mass is 382 g/mol. The molecule has 7 nitrogen and oxygen atoms in total. The molecule has 0 spiro atoms. The number of amides is 1. The fraction of sp³-hybridized carbons (Fsp3) is 0.400. The van der Waals surface area contributed by atoms with E-state index in [4.69, 9.17) is 0 Å². The molecule has 1 aliphatic heterocycles. The number of anilines is 1. The summed E-state index contributed by atoms with van der Waals surface area (Å²) in [5.41, 5.74) is 2.42. The summed E-state index contributed by atoms with van der Waals surface area (Å²) in [6.45, 7) is 2.82.